The van der Waals surface area contributed by atoms with Crippen LogP contribution in [-0.4, -0.2) is 15.7 Å². The normalized spacial score (nSPS) is 17.7. The van der Waals surface area contributed by atoms with Gasteiger partial charge in [-0.3, -0.25) is 4.79 Å². The smallest absolute Gasteiger partial charge is 0.315 e. The number of hydrogen-bond acceptors (Lipinski definition) is 4. The zero-order valence-corrected chi connectivity index (χ0v) is 21.3. The minimum absolute atomic E-state index is 0.0166. The highest BCUT2D eigenvalue weighted by Gasteiger charge is 2.32. The topological polar surface area (TPSA) is 44.1 Å². The van der Waals surface area contributed by atoms with Crippen LogP contribution in [0.3, 0.4) is 0 Å². The molecule has 10 heteroatoms. The van der Waals surface area contributed by atoms with Crippen LogP contribution in [0.2, 0.25) is 0 Å². The first-order chi connectivity index (χ1) is 17.7. The lowest BCUT2D eigenvalue weighted by Gasteiger charge is -2.27. The van der Waals surface area contributed by atoms with Gasteiger partial charge in [0.05, 0.1) is 27.1 Å². The van der Waals surface area contributed by atoms with Gasteiger partial charge in [0, 0.05) is 0 Å². The van der Waals surface area contributed by atoms with Gasteiger partial charge in [-0.25, -0.2) is 22.0 Å². The average Bonchev–Trinajstić information content (AvgIpc) is 3.22. The van der Waals surface area contributed by atoms with E-state index in [0.29, 0.717) is 24.4 Å². The lowest BCUT2D eigenvalue weighted by molar-refractivity contribution is -0.140. The minimum Gasteiger partial charge on any atom is -0.406 e. The molecule has 0 bridgehead atoms. The van der Waals surface area contributed by atoms with E-state index in [1.54, 1.807) is 30.3 Å². The number of carbonyl (C=O) groups is 1. The summed E-state index contributed by atoms with van der Waals surface area (Å²) in [6.45, 7) is 3.65. The molecule has 0 N–H and O–H groups in total. The zero-order valence-electron chi connectivity index (χ0n) is 20.5. The molecular formula is C27H27F5N2O2S. The number of esters is 1. The summed E-state index contributed by atoms with van der Waals surface area (Å²) in [7, 11) is 0. The van der Waals surface area contributed by atoms with Crippen LogP contribution in [-0.2, 0) is 4.79 Å². The van der Waals surface area contributed by atoms with Crippen molar-refractivity contribution in [1.29, 1.82) is 0 Å². The predicted octanol–water partition coefficient (Wildman–Crippen LogP) is 7.93. The maximum atomic E-state index is 14.5. The Bertz CT molecular complexity index is 1240. The molecule has 2 aromatic carbocycles. The Morgan fingerprint density at radius 2 is 1.54 bits per heavy atom. The molecule has 1 heterocycles. The highest BCUT2D eigenvalue weighted by Crippen LogP contribution is 2.43. The molecular weight excluding hydrogens is 511 g/mol. The molecule has 0 atom stereocenters. The molecule has 0 amide bonds. The van der Waals surface area contributed by atoms with Crippen LogP contribution in [0.25, 0.3) is 5.69 Å². The van der Waals surface area contributed by atoms with Crippen molar-refractivity contribution in [2.45, 2.75) is 68.6 Å². The molecule has 1 aromatic heterocycles. The number of benzene rings is 2. The van der Waals surface area contributed by atoms with Gasteiger partial charge in [-0.2, -0.15) is 9.78 Å². The van der Waals surface area contributed by atoms with E-state index >= 15 is 0 Å². The Morgan fingerprint density at radius 1 is 0.946 bits per heavy atom. The minimum atomic E-state index is -2.24. The lowest BCUT2D eigenvalue weighted by Crippen LogP contribution is -2.26. The fourth-order valence-electron chi connectivity index (χ4n) is 4.58. The van der Waals surface area contributed by atoms with Crippen LogP contribution in [0.5, 0.6) is 5.88 Å². The second-order valence-corrected chi connectivity index (χ2v) is 10.3. The lowest BCUT2D eigenvalue weighted by atomic mass is 9.80. The number of ether oxygens (including phenoxy) is 1. The highest BCUT2D eigenvalue weighted by atomic mass is 32.2. The molecule has 1 aliphatic rings. The van der Waals surface area contributed by atoms with E-state index in [-0.39, 0.29) is 34.1 Å². The third kappa shape index (κ3) is 5.68. The molecule has 198 valence electrons. The fourth-order valence-corrected chi connectivity index (χ4v) is 5.54. The Hall–Kier alpha value is -2.88. The number of aryl methyl sites for hydroxylation is 1. The van der Waals surface area contributed by atoms with Crippen molar-refractivity contribution in [1.82, 2.24) is 9.78 Å². The van der Waals surface area contributed by atoms with E-state index in [0.717, 1.165) is 32.1 Å². The highest BCUT2D eigenvalue weighted by molar-refractivity contribution is 7.99. The first-order valence-electron chi connectivity index (χ1n) is 12.3. The van der Waals surface area contributed by atoms with Crippen molar-refractivity contribution in [2.75, 3.05) is 0 Å². The summed E-state index contributed by atoms with van der Waals surface area (Å²) < 4.78 is 77.3. The van der Waals surface area contributed by atoms with Crippen LogP contribution >= 0.6 is 11.8 Å². The predicted molar refractivity (Wildman–Crippen MR) is 129 cm³/mol. The van der Waals surface area contributed by atoms with Crippen molar-refractivity contribution in [3.8, 4) is 11.6 Å². The number of aromatic nitrogens is 2. The van der Waals surface area contributed by atoms with Gasteiger partial charge in [-0.05, 0) is 50.7 Å². The van der Waals surface area contributed by atoms with E-state index in [1.165, 1.54) is 11.6 Å². The molecule has 1 aliphatic carbocycles. The molecule has 3 aromatic rings. The van der Waals surface area contributed by atoms with Gasteiger partial charge in [0.1, 0.15) is 0 Å². The first-order valence-corrected chi connectivity index (χ1v) is 13.1. The van der Waals surface area contributed by atoms with Gasteiger partial charge in [-0.15, -0.1) is 0 Å². The fraction of sp³-hybridized carbons (Fsp3) is 0.407. The van der Waals surface area contributed by atoms with Gasteiger partial charge in [0.15, 0.2) is 23.3 Å². The molecule has 0 saturated heterocycles. The monoisotopic (exact) mass is 538 g/mol. The molecule has 0 radical (unpaired) electrons. The SMILES string of the molecule is CCCCC1CCC(C(=O)Oc2c(Sc3c(F)c(F)c(F)c(F)c3F)c(C)nn2-c2ccccc2)CC1. The molecule has 1 saturated carbocycles. The number of unbranched alkanes of at least 4 members (excludes halogenated alkanes) is 1. The van der Waals surface area contributed by atoms with Crippen LogP contribution in [0.4, 0.5) is 22.0 Å². The summed E-state index contributed by atoms with van der Waals surface area (Å²) in [5.41, 5.74) is 0.699. The molecule has 0 aliphatic heterocycles. The Labute approximate surface area is 216 Å². The van der Waals surface area contributed by atoms with Crippen LogP contribution in [0, 0.1) is 47.8 Å². The zero-order chi connectivity index (χ0) is 26.7. The van der Waals surface area contributed by atoms with Gasteiger partial charge in [0.25, 0.3) is 0 Å². The summed E-state index contributed by atoms with van der Waals surface area (Å²) in [6, 6.07) is 8.61. The van der Waals surface area contributed by atoms with Gasteiger partial charge >= 0.3 is 5.97 Å². The maximum Gasteiger partial charge on any atom is 0.315 e. The Morgan fingerprint density at radius 3 is 2.14 bits per heavy atom. The third-order valence-corrected chi connectivity index (χ3v) is 7.92. The Balaban J connectivity index is 1.68. The molecule has 0 unspecified atom stereocenters. The maximum absolute atomic E-state index is 14.5. The van der Waals surface area contributed by atoms with E-state index in [1.807, 2.05) is 0 Å². The van der Waals surface area contributed by atoms with Crippen molar-refractivity contribution in [2.24, 2.45) is 11.8 Å². The van der Waals surface area contributed by atoms with Crippen molar-refractivity contribution < 1.29 is 31.5 Å². The van der Waals surface area contributed by atoms with E-state index in [2.05, 4.69) is 12.0 Å². The van der Waals surface area contributed by atoms with E-state index < -0.39 is 40.0 Å². The van der Waals surface area contributed by atoms with Gasteiger partial charge in [-0.1, -0.05) is 56.1 Å². The standard InChI is InChI=1S/C27H27F5N2O2S/c1-3-4-8-16-11-13-17(14-12-16)27(35)36-26-24(15(2)33-34(26)18-9-6-5-7-10-18)37-25-22(31)20(29)19(28)21(30)23(25)32/h5-7,9-10,16-17H,3-4,8,11-14H2,1-2H3. The second kappa shape index (κ2) is 11.7. The van der Waals surface area contributed by atoms with Crippen molar-refractivity contribution in [3.63, 3.8) is 0 Å². The van der Waals surface area contributed by atoms with Gasteiger partial charge in [0.2, 0.25) is 11.7 Å². The van der Waals surface area contributed by atoms with Gasteiger partial charge < -0.3 is 4.74 Å². The summed E-state index contributed by atoms with van der Waals surface area (Å²) in [6.07, 6.45) is 6.52. The number of halogens is 5. The quantitative estimate of drug-likeness (QED) is 0.126. The number of nitrogens with zero attached hydrogens (tertiary/aromatic N) is 2. The molecule has 4 nitrogen and oxygen atoms in total. The molecule has 0 spiro atoms. The summed E-state index contributed by atoms with van der Waals surface area (Å²) in [5.74, 6) is -10.7. The van der Waals surface area contributed by atoms with Crippen molar-refractivity contribution >= 4 is 17.7 Å². The molecule has 4 rings (SSSR count). The molecule has 37 heavy (non-hydrogen) atoms. The van der Waals surface area contributed by atoms with Crippen LogP contribution in [0.15, 0.2) is 40.1 Å². The molecule has 1 fully saturated rings. The number of para-hydroxylation sites is 1. The summed E-state index contributed by atoms with van der Waals surface area (Å²) >= 11 is 0.288. The Kier molecular flexibility index (Phi) is 8.56. The summed E-state index contributed by atoms with van der Waals surface area (Å²) in [4.78, 5) is 12.1. The number of carbonyl (C=O) groups excluding carboxylic acids is 1. The summed E-state index contributed by atoms with van der Waals surface area (Å²) in [5, 5.41) is 4.35. The van der Waals surface area contributed by atoms with Crippen molar-refractivity contribution in [3.05, 3.63) is 65.1 Å². The number of hydrogen-bond donors (Lipinski definition) is 0. The van der Waals surface area contributed by atoms with Crippen LogP contribution in [0.1, 0.15) is 57.6 Å². The third-order valence-electron chi connectivity index (χ3n) is 6.68. The van der Waals surface area contributed by atoms with E-state index in [4.69, 9.17) is 4.74 Å². The second-order valence-electron chi connectivity index (χ2n) is 9.25. The first kappa shape index (κ1) is 27.2. The largest absolute Gasteiger partial charge is 0.406 e. The van der Waals surface area contributed by atoms with E-state index in [9.17, 15) is 26.7 Å². The number of rotatable bonds is 8. The average molecular weight is 539 g/mol. The van der Waals surface area contributed by atoms with Crippen LogP contribution < -0.4 is 4.74 Å².